The maximum atomic E-state index is 7.86. The van der Waals surface area contributed by atoms with Gasteiger partial charge in [-0.15, -0.1) is 0 Å². The highest BCUT2D eigenvalue weighted by Crippen LogP contribution is 2.41. The minimum Gasteiger partial charge on any atom is -0.319 e. The number of nitrogens with zero attached hydrogens (tertiary/aromatic N) is 5. The average molecular weight is 560 g/mol. The van der Waals surface area contributed by atoms with Crippen molar-refractivity contribution in [2.45, 2.75) is 0 Å². The van der Waals surface area contributed by atoms with E-state index in [9.17, 15) is 0 Å². The van der Waals surface area contributed by atoms with Crippen LogP contribution in [0.2, 0.25) is 0 Å². The molecule has 0 spiro atoms. The minimum atomic E-state index is 0.565. The lowest BCUT2D eigenvalue weighted by molar-refractivity contribution is 1.18. The molecule has 2 aromatic heterocycles. The summed E-state index contributed by atoms with van der Waals surface area (Å²) < 4.78 is 4.42. The van der Waals surface area contributed by atoms with E-state index < -0.39 is 0 Å². The zero-order valence-corrected chi connectivity index (χ0v) is 23.4. The van der Waals surface area contributed by atoms with E-state index in [-0.39, 0.29) is 0 Å². The third kappa shape index (κ3) is 3.63. The van der Waals surface area contributed by atoms with E-state index in [1.807, 2.05) is 72.8 Å². The Bertz CT molecular complexity index is 2600. The number of benzene rings is 6. The second kappa shape index (κ2) is 9.74. The number of fused-ring (bicyclic) bond motifs is 6. The first-order valence-electron chi connectivity index (χ1n) is 14.1. The van der Waals surface area contributed by atoms with Gasteiger partial charge in [-0.2, -0.15) is 0 Å². The van der Waals surface area contributed by atoms with Gasteiger partial charge in [-0.3, -0.25) is 0 Å². The molecule has 8 rings (SSSR count). The maximum absolute atomic E-state index is 7.86. The van der Waals surface area contributed by atoms with Crippen molar-refractivity contribution < 1.29 is 0 Å². The Morgan fingerprint density at radius 1 is 0.409 bits per heavy atom. The maximum Gasteiger partial charge on any atom is 0.210 e. The molecule has 5 nitrogen and oxygen atoms in total. The zero-order chi connectivity index (χ0) is 29.8. The van der Waals surface area contributed by atoms with Crippen molar-refractivity contribution in [3.63, 3.8) is 0 Å². The molecule has 0 amide bonds. The molecule has 202 valence electrons. The third-order valence-electron chi connectivity index (χ3n) is 8.36. The van der Waals surface area contributed by atoms with Gasteiger partial charge in [0.25, 0.3) is 0 Å². The highest BCUT2D eigenvalue weighted by molar-refractivity contribution is 6.13. The molecule has 0 aliphatic heterocycles. The van der Waals surface area contributed by atoms with Crippen molar-refractivity contribution in [1.29, 1.82) is 0 Å². The Hall–Kier alpha value is -6.61. The summed E-state index contributed by atoms with van der Waals surface area (Å²) in [5.74, 6) is 0. The fraction of sp³-hybridized carbons (Fsp3) is 0. The van der Waals surface area contributed by atoms with Gasteiger partial charge in [-0.25, -0.2) is 14.5 Å². The molecule has 0 radical (unpaired) electrons. The topological polar surface area (TPSA) is 22.9 Å². The molecule has 0 saturated heterocycles. The third-order valence-corrected chi connectivity index (χ3v) is 8.36. The number of hydrogen-bond acceptors (Lipinski definition) is 0. The zero-order valence-electron chi connectivity index (χ0n) is 23.4. The Labute approximate surface area is 253 Å². The molecule has 0 N–H and O–H groups in total. The SMILES string of the molecule is [C-]#[N+]c1ccc2c(c1)c1ccc(-c3ccccc3-n3c4ccccc4c4cc([N+]#[C-])ccc43)cc1n2-c1ccccc1[N+]#[C-]. The first-order chi connectivity index (χ1) is 21.7. The summed E-state index contributed by atoms with van der Waals surface area (Å²) in [6.07, 6.45) is 0. The minimum absolute atomic E-state index is 0.565. The molecule has 0 aliphatic rings. The van der Waals surface area contributed by atoms with E-state index in [0.717, 1.165) is 66.1 Å². The van der Waals surface area contributed by atoms with Gasteiger partial charge < -0.3 is 9.13 Å². The number of hydrogen-bond donors (Lipinski definition) is 0. The number of aromatic nitrogens is 2. The molecule has 0 aliphatic carbocycles. The fourth-order valence-corrected chi connectivity index (χ4v) is 6.46. The van der Waals surface area contributed by atoms with Crippen LogP contribution in [0.1, 0.15) is 0 Å². The molecule has 8 aromatic rings. The molecular weight excluding hydrogens is 538 g/mol. The van der Waals surface area contributed by atoms with Crippen LogP contribution in [0, 0.1) is 19.7 Å². The van der Waals surface area contributed by atoms with Gasteiger partial charge in [0.2, 0.25) is 5.69 Å². The molecule has 0 saturated carbocycles. The predicted octanol–water partition coefficient (Wildman–Crippen LogP) is 11.2. The van der Waals surface area contributed by atoms with Crippen molar-refractivity contribution >= 4 is 60.7 Å². The summed E-state index contributed by atoms with van der Waals surface area (Å²) >= 11 is 0. The van der Waals surface area contributed by atoms with E-state index >= 15 is 0 Å². The number of para-hydroxylation sites is 4. The van der Waals surface area contributed by atoms with Crippen LogP contribution in [-0.4, -0.2) is 9.13 Å². The average Bonchev–Trinajstić information content (AvgIpc) is 3.59. The summed E-state index contributed by atoms with van der Waals surface area (Å²) in [5.41, 5.74) is 9.73. The lowest BCUT2D eigenvalue weighted by atomic mass is 10.0. The van der Waals surface area contributed by atoms with Crippen molar-refractivity contribution in [2.24, 2.45) is 0 Å². The molecule has 0 atom stereocenters. The van der Waals surface area contributed by atoms with Gasteiger partial charge in [-0.05, 0) is 64.9 Å². The van der Waals surface area contributed by atoms with Crippen molar-refractivity contribution in [3.05, 3.63) is 162 Å². The van der Waals surface area contributed by atoms with Crippen LogP contribution >= 0.6 is 0 Å². The van der Waals surface area contributed by atoms with Crippen LogP contribution in [0.5, 0.6) is 0 Å². The van der Waals surface area contributed by atoms with E-state index in [1.165, 1.54) is 0 Å². The summed E-state index contributed by atoms with van der Waals surface area (Å²) in [6, 6.07) is 42.5. The van der Waals surface area contributed by atoms with E-state index in [1.54, 1.807) is 0 Å². The molecule has 44 heavy (non-hydrogen) atoms. The van der Waals surface area contributed by atoms with Gasteiger partial charge in [0, 0.05) is 16.3 Å². The summed E-state index contributed by atoms with van der Waals surface area (Å²) in [5, 5.41) is 4.15. The molecule has 5 heteroatoms. The number of rotatable bonds is 3. The quantitative estimate of drug-likeness (QED) is 0.192. The molecule has 2 heterocycles. The van der Waals surface area contributed by atoms with Crippen LogP contribution < -0.4 is 0 Å². The lowest BCUT2D eigenvalue weighted by Crippen LogP contribution is -1.97. The van der Waals surface area contributed by atoms with Gasteiger partial charge in [-0.1, -0.05) is 78.9 Å². The summed E-state index contributed by atoms with van der Waals surface area (Å²) in [7, 11) is 0. The second-order valence-electron chi connectivity index (χ2n) is 10.7. The Kier molecular flexibility index (Phi) is 5.56. The smallest absolute Gasteiger partial charge is 0.210 e. The van der Waals surface area contributed by atoms with Crippen LogP contribution in [0.15, 0.2) is 127 Å². The fourth-order valence-electron chi connectivity index (χ4n) is 6.46. The lowest BCUT2D eigenvalue weighted by Gasteiger charge is -2.15. The van der Waals surface area contributed by atoms with E-state index in [0.29, 0.717) is 17.1 Å². The van der Waals surface area contributed by atoms with Crippen LogP contribution in [0.25, 0.3) is 80.6 Å². The van der Waals surface area contributed by atoms with Gasteiger partial charge in [0.1, 0.15) is 0 Å². The van der Waals surface area contributed by atoms with Crippen molar-refractivity contribution in [2.75, 3.05) is 0 Å². The van der Waals surface area contributed by atoms with E-state index in [4.69, 9.17) is 19.7 Å². The highest BCUT2D eigenvalue weighted by Gasteiger charge is 2.19. The second-order valence-corrected chi connectivity index (χ2v) is 10.7. The first kappa shape index (κ1) is 25.1. The molecule has 0 bridgehead atoms. The molecule has 6 aromatic carbocycles. The van der Waals surface area contributed by atoms with E-state index in [2.05, 4.69) is 78.3 Å². The predicted molar refractivity (Wildman–Crippen MR) is 179 cm³/mol. The first-order valence-corrected chi connectivity index (χ1v) is 14.1. The molecule has 0 unspecified atom stereocenters. The molecular formula is C39H21N5. The standard InChI is InChI=1S/C39H21N5/c1-40-26-17-20-36-31(23-26)29-11-5-8-14-35(29)43(36)34-13-7-4-10-28(34)25-16-19-30-32-24-27(41-2)18-21-37(32)44(39(30)22-25)38-15-9-6-12-33(38)42-3/h4-24H. The van der Waals surface area contributed by atoms with Crippen molar-refractivity contribution in [3.8, 4) is 22.5 Å². The Morgan fingerprint density at radius 3 is 1.68 bits per heavy atom. The molecule has 0 fully saturated rings. The summed E-state index contributed by atoms with van der Waals surface area (Å²) in [6.45, 7) is 23.0. The van der Waals surface area contributed by atoms with Crippen LogP contribution in [0.4, 0.5) is 17.1 Å². The van der Waals surface area contributed by atoms with Gasteiger partial charge >= 0.3 is 0 Å². The van der Waals surface area contributed by atoms with Gasteiger partial charge in [0.05, 0.1) is 53.2 Å². The van der Waals surface area contributed by atoms with Crippen LogP contribution in [0.3, 0.4) is 0 Å². The normalized spacial score (nSPS) is 11.1. The Balaban J connectivity index is 1.44. The summed E-state index contributed by atoms with van der Waals surface area (Å²) in [4.78, 5) is 11.2. The monoisotopic (exact) mass is 559 g/mol. The van der Waals surface area contributed by atoms with Crippen molar-refractivity contribution in [1.82, 2.24) is 9.13 Å². The Morgan fingerprint density at radius 2 is 0.977 bits per heavy atom. The highest BCUT2D eigenvalue weighted by atomic mass is 15.0. The van der Waals surface area contributed by atoms with Gasteiger partial charge in [0.15, 0.2) is 11.4 Å². The van der Waals surface area contributed by atoms with Crippen LogP contribution in [-0.2, 0) is 0 Å². The largest absolute Gasteiger partial charge is 0.319 e.